The van der Waals surface area contributed by atoms with Crippen LogP contribution in [0.5, 0.6) is 0 Å². The average Bonchev–Trinajstić information content (AvgIpc) is 3.11. The molecule has 0 bridgehead atoms. The van der Waals surface area contributed by atoms with E-state index in [1.807, 2.05) is 36.1 Å². The molecule has 1 amide bonds. The van der Waals surface area contributed by atoms with Crippen LogP contribution >= 0.6 is 11.3 Å². The molecule has 1 aliphatic rings. The normalized spacial score (nSPS) is 14.6. The van der Waals surface area contributed by atoms with Crippen LogP contribution in [-0.4, -0.2) is 53.5 Å². The molecule has 3 aromatic rings. The summed E-state index contributed by atoms with van der Waals surface area (Å²) in [5, 5.41) is 4.38. The zero-order valence-corrected chi connectivity index (χ0v) is 16.4. The van der Waals surface area contributed by atoms with Gasteiger partial charge in [-0.25, -0.2) is 4.98 Å². The van der Waals surface area contributed by atoms with Gasteiger partial charge in [0.1, 0.15) is 5.82 Å². The Morgan fingerprint density at radius 2 is 1.93 bits per heavy atom. The molecule has 7 heteroatoms. The number of carbonyl (C=O) groups excluding carboxylic acids is 1. The van der Waals surface area contributed by atoms with Gasteiger partial charge in [-0.05, 0) is 31.4 Å². The second-order valence-electron chi connectivity index (χ2n) is 6.65. The number of aryl methyl sites for hydroxylation is 1. The summed E-state index contributed by atoms with van der Waals surface area (Å²) in [7, 11) is 0. The van der Waals surface area contributed by atoms with E-state index < -0.39 is 0 Å². The molecule has 27 heavy (non-hydrogen) atoms. The lowest BCUT2D eigenvalue weighted by Crippen LogP contribution is -2.49. The van der Waals surface area contributed by atoms with Gasteiger partial charge in [0.05, 0.1) is 4.88 Å². The van der Waals surface area contributed by atoms with Gasteiger partial charge in [-0.2, -0.15) is 4.98 Å². The number of rotatable bonds is 4. The smallest absolute Gasteiger partial charge is 0.264 e. The summed E-state index contributed by atoms with van der Waals surface area (Å²) in [6, 6.07) is 12.1. The highest BCUT2D eigenvalue weighted by Crippen LogP contribution is 2.27. The van der Waals surface area contributed by atoms with E-state index in [0.29, 0.717) is 13.1 Å². The van der Waals surface area contributed by atoms with Crippen molar-refractivity contribution < 1.29 is 4.79 Å². The molecule has 4 rings (SSSR count). The first-order valence-corrected chi connectivity index (χ1v) is 10.1. The summed E-state index contributed by atoms with van der Waals surface area (Å²) in [5.41, 5.74) is 0.944. The van der Waals surface area contributed by atoms with E-state index in [2.05, 4.69) is 39.2 Å². The van der Waals surface area contributed by atoms with E-state index >= 15 is 0 Å². The van der Waals surface area contributed by atoms with Crippen molar-refractivity contribution in [1.82, 2.24) is 14.9 Å². The highest BCUT2D eigenvalue weighted by molar-refractivity contribution is 7.20. The van der Waals surface area contributed by atoms with E-state index in [9.17, 15) is 4.79 Å². The Labute approximate surface area is 162 Å². The molecular weight excluding hydrogens is 358 g/mol. The molecular formula is C20H23N5OS. The van der Waals surface area contributed by atoms with Crippen molar-refractivity contribution in [3.63, 3.8) is 0 Å². The fourth-order valence-electron chi connectivity index (χ4n) is 3.32. The minimum atomic E-state index is 0.120. The molecule has 1 aromatic carbocycles. The fourth-order valence-corrected chi connectivity index (χ4v) is 4.35. The zero-order chi connectivity index (χ0) is 18.8. The first-order chi connectivity index (χ1) is 13.1. The maximum Gasteiger partial charge on any atom is 0.264 e. The van der Waals surface area contributed by atoms with Crippen LogP contribution in [0.15, 0.2) is 36.4 Å². The first kappa shape index (κ1) is 17.7. The van der Waals surface area contributed by atoms with Crippen LogP contribution in [0.2, 0.25) is 0 Å². The number of carbonyl (C=O) groups is 1. The van der Waals surface area contributed by atoms with E-state index in [0.717, 1.165) is 52.1 Å². The third-order valence-corrected chi connectivity index (χ3v) is 5.79. The van der Waals surface area contributed by atoms with Crippen molar-refractivity contribution in [2.75, 3.05) is 42.9 Å². The number of piperazine rings is 1. The second-order valence-corrected chi connectivity index (χ2v) is 7.74. The minimum Gasteiger partial charge on any atom is -0.370 e. The molecule has 1 aliphatic heterocycles. The molecule has 6 nitrogen and oxygen atoms in total. The first-order valence-electron chi connectivity index (χ1n) is 9.26. The molecule has 0 saturated carbocycles. The molecule has 0 aliphatic carbocycles. The van der Waals surface area contributed by atoms with Crippen molar-refractivity contribution in [3.05, 3.63) is 47.0 Å². The van der Waals surface area contributed by atoms with E-state index in [1.54, 1.807) is 11.3 Å². The standard InChI is InChI=1S/C20H23N5OS/c1-3-21-18-12-14(2)22-20(23-18)25-10-8-24(9-11-25)19(26)17-13-15-6-4-5-7-16(15)27-17/h4-7,12-13H,3,8-11H2,1-2H3,(H,21,22,23). The van der Waals surface area contributed by atoms with Crippen LogP contribution in [-0.2, 0) is 0 Å². The van der Waals surface area contributed by atoms with Crippen LogP contribution < -0.4 is 10.2 Å². The van der Waals surface area contributed by atoms with E-state index in [1.165, 1.54) is 0 Å². The monoisotopic (exact) mass is 381 g/mol. The molecule has 1 N–H and O–H groups in total. The molecule has 0 radical (unpaired) electrons. The van der Waals surface area contributed by atoms with E-state index in [4.69, 9.17) is 0 Å². The summed E-state index contributed by atoms with van der Waals surface area (Å²) in [5.74, 6) is 1.71. The number of nitrogens with zero attached hydrogens (tertiary/aromatic N) is 4. The van der Waals surface area contributed by atoms with Crippen LogP contribution in [0.25, 0.3) is 10.1 Å². The number of amides is 1. The molecule has 1 fully saturated rings. The average molecular weight is 382 g/mol. The highest BCUT2D eigenvalue weighted by atomic mass is 32.1. The molecule has 2 aromatic heterocycles. The number of benzene rings is 1. The minimum absolute atomic E-state index is 0.120. The Balaban J connectivity index is 1.45. The van der Waals surface area contributed by atoms with Gasteiger partial charge in [0, 0.05) is 49.2 Å². The summed E-state index contributed by atoms with van der Waals surface area (Å²) in [6.07, 6.45) is 0. The molecule has 0 unspecified atom stereocenters. The van der Waals surface area contributed by atoms with Crippen LogP contribution in [0.3, 0.4) is 0 Å². The Morgan fingerprint density at radius 3 is 2.67 bits per heavy atom. The van der Waals surface area contributed by atoms with Gasteiger partial charge < -0.3 is 15.1 Å². The number of fused-ring (bicyclic) bond motifs is 1. The van der Waals surface area contributed by atoms with Gasteiger partial charge in [0.2, 0.25) is 5.95 Å². The molecule has 0 atom stereocenters. The lowest BCUT2D eigenvalue weighted by molar-refractivity contribution is 0.0751. The van der Waals surface area contributed by atoms with Crippen molar-refractivity contribution in [1.29, 1.82) is 0 Å². The van der Waals surface area contributed by atoms with Gasteiger partial charge in [0.25, 0.3) is 5.91 Å². The Morgan fingerprint density at radius 1 is 1.15 bits per heavy atom. The SMILES string of the molecule is CCNc1cc(C)nc(N2CCN(C(=O)c3cc4ccccc4s3)CC2)n1. The van der Waals surface area contributed by atoms with Crippen LogP contribution in [0.4, 0.5) is 11.8 Å². The number of nitrogens with one attached hydrogen (secondary N) is 1. The molecule has 1 saturated heterocycles. The predicted molar refractivity (Wildman–Crippen MR) is 111 cm³/mol. The van der Waals surface area contributed by atoms with Gasteiger partial charge in [0.15, 0.2) is 0 Å². The van der Waals surface area contributed by atoms with Gasteiger partial charge in [-0.1, -0.05) is 18.2 Å². The Hall–Kier alpha value is -2.67. The van der Waals surface area contributed by atoms with Crippen molar-refractivity contribution in [3.8, 4) is 0 Å². The lowest BCUT2D eigenvalue weighted by Gasteiger charge is -2.34. The number of thiophene rings is 1. The summed E-state index contributed by atoms with van der Waals surface area (Å²) in [6.45, 7) is 7.70. The molecule has 3 heterocycles. The number of anilines is 2. The lowest BCUT2D eigenvalue weighted by atomic mass is 10.2. The third kappa shape index (κ3) is 3.73. The Kier molecular flexibility index (Phi) is 4.94. The number of aromatic nitrogens is 2. The summed E-state index contributed by atoms with van der Waals surface area (Å²) >= 11 is 1.57. The fraction of sp³-hybridized carbons (Fsp3) is 0.350. The van der Waals surface area contributed by atoms with Crippen molar-refractivity contribution in [2.45, 2.75) is 13.8 Å². The quantitative estimate of drug-likeness (QED) is 0.751. The van der Waals surface area contributed by atoms with Gasteiger partial charge in [-0.3, -0.25) is 4.79 Å². The van der Waals surface area contributed by atoms with Crippen LogP contribution in [0.1, 0.15) is 22.3 Å². The van der Waals surface area contributed by atoms with Gasteiger partial charge >= 0.3 is 0 Å². The number of hydrogen-bond acceptors (Lipinski definition) is 6. The van der Waals surface area contributed by atoms with E-state index in [-0.39, 0.29) is 5.91 Å². The predicted octanol–water partition coefficient (Wildman–Crippen LogP) is 3.39. The summed E-state index contributed by atoms with van der Waals surface area (Å²) < 4.78 is 1.16. The second kappa shape index (κ2) is 7.52. The largest absolute Gasteiger partial charge is 0.370 e. The van der Waals surface area contributed by atoms with Gasteiger partial charge in [-0.15, -0.1) is 11.3 Å². The van der Waals surface area contributed by atoms with Crippen molar-refractivity contribution >= 4 is 39.1 Å². The molecule has 140 valence electrons. The number of hydrogen-bond donors (Lipinski definition) is 1. The zero-order valence-electron chi connectivity index (χ0n) is 15.6. The molecule has 0 spiro atoms. The maximum absolute atomic E-state index is 12.9. The summed E-state index contributed by atoms with van der Waals surface area (Å²) in [4.78, 5) is 27.0. The third-order valence-electron chi connectivity index (χ3n) is 4.69. The Bertz CT molecular complexity index is 929. The van der Waals surface area contributed by atoms with Crippen molar-refractivity contribution in [2.24, 2.45) is 0 Å². The highest BCUT2D eigenvalue weighted by Gasteiger charge is 2.25. The maximum atomic E-state index is 12.9. The van der Waals surface area contributed by atoms with Crippen LogP contribution in [0, 0.1) is 6.92 Å². The topological polar surface area (TPSA) is 61.4 Å².